The Balaban J connectivity index is 1.97. The van der Waals surface area contributed by atoms with Crippen LogP contribution in [0.2, 0.25) is 0 Å². The van der Waals surface area contributed by atoms with Crippen LogP contribution in [0.4, 0.5) is 0 Å². The summed E-state index contributed by atoms with van der Waals surface area (Å²) in [7, 11) is 0. The molecule has 0 aliphatic heterocycles. The summed E-state index contributed by atoms with van der Waals surface area (Å²) in [6, 6.07) is 6.46. The van der Waals surface area contributed by atoms with Crippen LogP contribution >= 0.6 is 0 Å². The number of allylic oxidation sites excluding steroid dienone is 4. The minimum absolute atomic E-state index is 0.105. The number of ketones is 2. The quantitative estimate of drug-likeness (QED) is 0.825. The average molecular weight is 270 g/mol. The Morgan fingerprint density at radius 2 is 1.85 bits per heavy atom. The van der Waals surface area contributed by atoms with Crippen LogP contribution < -0.4 is 0 Å². The summed E-state index contributed by atoms with van der Waals surface area (Å²) in [6.45, 7) is 0. The minimum atomic E-state index is -0.199. The zero-order valence-electron chi connectivity index (χ0n) is 10.7. The van der Waals surface area contributed by atoms with E-state index in [4.69, 9.17) is 5.11 Å². The molecule has 0 saturated carbocycles. The molecular weight excluding hydrogens is 256 g/mol. The molecule has 0 aromatic heterocycles. The van der Waals surface area contributed by atoms with E-state index in [1.807, 2.05) is 0 Å². The lowest BCUT2D eigenvalue weighted by atomic mass is 9.98. The molecule has 102 valence electrons. The van der Waals surface area contributed by atoms with Crippen LogP contribution in [0, 0.1) is 0 Å². The first-order valence-electron chi connectivity index (χ1n) is 6.16. The van der Waals surface area contributed by atoms with Crippen LogP contribution in [0.15, 0.2) is 53.8 Å². The van der Waals surface area contributed by atoms with E-state index in [1.165, 1.54) is 24.3 Å². The maximum absolute atomic E-state index is 11.8. The fourth-order valence-electron chi connectivity index (χ4n) is 1.91. The lowest BCUT2D eigenvalue weighted by Gasteiger charge is -2.07. The second-order valence-corrected chi connectivity index (χ2v) is 4.58. The summed E-state index contributed by atoms with van der Waals surface area (Å²) < 4.78 is 0. The Morgan fingerprint density at radius 1 is 1.15 bits per heavy atom. The molecule has 0 saturated heterocycles. The first kappa shape index (κ1) is 13.8. The van der Waals surface area contributed by atoms with Crippen molar-refractivity contribution in [1.82, 2.24) is 0 Å². The van der Waals surface area contributed by atoms with Crippen molar-refractivity contribution in [2.75, 3.05) is 0 Å². The van der Waals surface area contributed by atoms with Gasteiger partial charge in [0, 0.05) is 18.9 Å². The van der Waals surface area contributed by atoms with Gasteiger partial charge in [-0.2, -0.15) is 0 Å². The summed E-state index contributed by atoms with van der Waals surface area (Å²) in [5.41, 5.74) is 1.41. The summed E-state index contributed by atoms with van der Waals surface area (Å²) in [5.74, 6) is -0.282. The first-order valence-corrected chi connectivity index (χ1v) is 6.16. The van der Waals surface area contributed by atoms with Crippen LogP contribution in [-0.2, 0) is 9.59 Å². The molecule has 20 heavy (non-hydrogen) atoms. The van der Waals surface area contributed by atoms with Crippen LogP contribution in [0.3, 0.4) is 0 Å². The maximum atomic E-state index is 11.8. The van der Waals surface area contributed by atoms with Gasteiger partial charge in [0.15, 0.2) is 11.6 Å². The molecule has 0 atom stereocenters. The normalized spacial score (nSPS) is 15.1. The highest BCUT2D eigenvalue weighted by atomic mass is 16.3. The maximum Gasteiger partial charge on any atom is 0.163 e. The van der Waals surface area contributed by atoms with Gasteiger partial charge in [-0.05, 0) is 29.8 Å². The van der Waals surface area contributed by atoms with Gasteiger partial charge in [0.25, 0.3) is 0 Å². The molecule has 1 aromatic carbocycles. The average Bonchev–Trinajstić information content (AvgIpc) is 2.37. The van der Waals surface area contributed by atoms with E-state index in [1.54, 1.807) is 18.2 Å². The summed E-state index contributed by atoms with van der Waals surface area (Å²) >= 11 is 0. The summed E-state index contributed by atoms with van der Waals surface area (Å²) in [4.78, 5) is 23.0. The van der Waals surface area contributed by atoms with Crippen molar-refractivity contribution >= 4 is 17.6 Å². The number of aliphatic hydroxyl groups excluding tert-OH is 1. The van der Waals surface area contributed by atoms with Crippen molar-refractivity contribution in [2.45, 2.75) is 12.8 Å². The number of rotatable bonds is 4. The van der Waals surface area contributed by atoms with Gasteiger partial charge in [0.2, 0.25) is 0 Å². The fraction of sp³-hybridized carbons (Fsp3) is 0.125. The zero-order chi connectivity index (χ0) is 14.5. The van der Waals surface area contributed by atoms with Gasteiger partial charge in [0.1, 0.15) is 11.5 Å². The van der Waals surface area contributed by atoms with E-state index >= 15 is 0 Å². The predicted octanol–water partition coefficient (Wildman–Crippen LogP) is 2.71. The molecule has 4 nitrogen and oxygen atoms in total. The van der Waals surface area contributed by atoms with Crippen molar-refractivity contribution in [3.63, 3.8) is 0 Å². The number of aliphatic hydroxyl groups is 1. The Kier molecular flexibility index (Phi) is 4.15. The molecule has 0 fully saturated rings. The monoisotopic (exact) mass is 270 g/mol. The molecular formula is C16H14O4. The number of phenols is 1. The second kappa shape index (κ2) is 6.02. The van der Waals surface area contributed by atoms with E-state index in [0.29, 0.717) is 5.57 Å². The molecule has 2 rings (SSSR count). The summed E-state index contributed by atoms with van der Waals surface area (Å²) in [6.07, 6.45) is 5.95. The van der Waals surface area contributed by atoms with Gasteiger partial charge in [-0.25, -0.2) is 0 Å². The van der Waals surface area contributed by atoms with E-state index in [0.717, 1.165) is 11.6 Å². The number of aromatic hydroxyl groups is 1. The van der Waals surface area contributed by atoms with Gasteiger partial charge < -0.3 is 10.2 Å². The van der Waals surface area contributed by atoms with Crippen LogP contribution in [-0.4, -0.2) is 21.8 Å². The number of hydrogen-bond donors (Lipinski definition) is 2. The molecule has 1 aliphatic carbocycles. The molecule has 0 bridgehead atoms. The lowest BCUT2D eigenvalue weighted by Crippen LogP contribution is -2.06. The third-order valence-corrected chi connectivity index (χ3v) is 2.82. The minimum Gasteiger partial charge on any atom is -0.508 e. The molecule has 0 heterocycles. The molecule has 0 unspecified atom stereocenters. The molecule has 0 amide bonds. The van der Waals surface area contributed by atoms with E-state index in [-0.39, 0.29) is 35.9 Å². The lowest BCUT2D eigenvalue weighted by molar-refractivity contribution is -0.114. The highest BCUT2D eigenvalue weighted by molar-refractivity contribution is 5.98. The number of phenolic OH excluding ortho intramolecular Hbond substituents is 1. The Hall–Kier alpha value is -2.62. The molecule has 0 radical (unpaired) electrons. The van der Waals surface area contributed by atoms with Gasteiger partial charge in [0.05, 0.1) is 0 Å². The SMILES string of the molecule is O=C1C=C(O)C=C(CC(=O)/C=C/c2ccc(O)cc2)C1. The topological polar surface area (TPSA) is 74.6 Å². The third kappa shape index (κ3) is 3.95. The van der Waals surface area contributed by atoms with E-state index in [2.05, 4.69) is 0 Å². The highest BCUT2D eigenvalue weighted by Gasteiger charge is 2.13. The van der Waals surface area contributed by atoms with Gasteiger partial charge >= 0.3 is 0 Å². The summed E-state index contributed by atoms with van der Waals surface area (Å²) in [5, 5.41) is 18.4. The zero-order valence-corrected chi connectivity index (χ0v) is 10.7. The van der Waals surface area contributed by atoms with Gasteiger partial charge in [-0.1, -0.05) is 23.8 Å². The molecule has 0 spiro atoms. The molecule has 2 N–H and O–H groups in total. The van der Waals surface area contributed by atoms with Crippen LogP contribution in [0.5, 0.6) is 5.75 Å². The Morgan fingerprint density at radius 3 is 2.50 bits per heavy atom. The standard InChI is InChI=1S/C16H14O4/c17-13-4-1-11(2-5-13)3-6-14(18)7-12-8-15(19)10-16(20)9-12/h1-6,8,10,17,19H,7,9H2/b6-3+. The van der Waals surface area contributed by atoms with Gasteiger partial charge in [-0.3, -0.25) is 9.59 Å². The number of carbonyl (C=O) groups is 2. The molecule has 1 aromatic rings. The second-order valence-electron chi connectivity index (χ2n) is 4.58. The number of benzene rings is 1. The first-order chi connectivity index (χ1) is 9.52. The van der Waals surface area contributed by atoms with E-state index < -0.39 is 0 Å². The van der Waals surface area contributed by atoms with Crippen LogP contribution in [0.1, 0.15) is 18.4 Å². The molecule has 4 heteroatoms. The fourth-order valence-corrected chi connectivity index (χ4v) is 1.91. The van der Waals surface area contributed by atoms with Crippen molar-refractivity contribution in [3.8, 4) is 5.75 Å². The van der Waals surface area contributed by atoms with Gasteiger partial charge in [-0.15, -0.1) is 0 Å². The predicted molar refractivity (Wildman–Crippen MR) is 75.2 cm³/mol. The Labute approximate surface area is 116 Å². The molecule has 1 aliphatic rings. The van der Waals surface area contributed by atoms with Crippen molar-refractivity contribution < 1.29 is 19.8 Å². The smallest absolute Gasteiger partial charge is 0.163 e. The Bertz CT molecular complexity index is 618. The number of hydrogen-bond acceptors (Lipinski definition) is 4. The van der Waals surface area contributed by atoms with Crippen LogP contribution in [0.25, 0.3) is 6.08 Å². The number of carbonyl (C=O) groups excluding carboxylic acids is 2. The van der Waals surface area contributed by atoms with Crippen molar-refractivity contribution in [2.24, 2.45) is 0 Å². The van der Waals surface area contributed by atoms with Crippen molar-refractivity contribution in [3.05, 3.63) is 59.4 Å². The largest absolute Gasteiger partial charge is 0.508 e. The van der Waals surface area contributed by atoms with Crippen molar-refractivity contribution in [1.29, 1.82) is 0 Å². The van der Waals surface area contributed by atoms with E-state index in [9.17, 15) is 14.7 Å². The highest BCUT2D eigenvalue weighted by Crippen LogP contribution is 2.17. The third-order valence-electron chi connectivity index (χ3n) is 2.82.